The summed E-state index contributed by atoms with van der Waals surface area (Å²) in [4.78, 5) is 4.33. The van der Waals surface area contributed by atoms with Crippen LogP contribution >= 0.6 is 0 Å². The number of aromatic nitrogens is 1. The van der Waals surface area contributed by atoms with E-state index < -0.39 is 0 Å². The van der Waals surface area contributed by atoms with E-state index in [1.165, 1.54) is 11.5 Å². The SMILES string of the molecule is COc1ccc([C](C)c2ccccn2)cc1. The van der Waals surface area contributed by atoms with Crippen molar-refractivity contribution < 1.29 is 4.74 Å². The van der Waals surface area contributed by atoms with E-state index in [0.717, 1.165) is 11.4 Å². The molecule has 1 heterocycles. The van der Waals surface area contributed by atoms with Crippen LogP contribution in [0, 0.1) is 5.92 Å². The van der Waals surface area contributed by atoms with Crippen LogP contribution in [-0.4, -0.2) is 12.1 Å². The summed E-state index contributed by atoms with van der Waals surface area (Å²) >= 11 is 0. The predicted molar refractivity (Wildman–Crippen MR) is 64.4 cm³/mol. The maximum Gasteiger partial charge on any atom is 0.118 e. The van der Waals surface area contributed by atoms with Gasteiger partial charge < -0.3 is 4.74 Å². The lowest BCUT2D eigenvalue weighted by molar-refractivity contribution is 0.414. The first-order valence-corrected chi connectivity index (χ1v) is 5.20. The van der Waals surface area contributed by atoms with Crippen molar-refractivity contribution in [1.82, 2.24) is 4.98 Å². The van der Waals surface area contributed by atoms with E-state index in [0.29, 0.717) is 0 Å². The Morgan fingerprint density at radius 2 is 1.81 bits per heavy atom. The predicted octanol–water partition coefficient (Wildman–Crippen LogP) is 3.08. The van der Waals surface area contributed by atoms with Gasteiger partial charge in [0, 0.05) is 12.1 Å². The molecule has 0 N–H and O–H groups in total. The van der Waals surface area contributed by atoms with Gasteiger partial charge in [-0.1, -0.05) is 18.2 Å². The number of nitrogens with zero attached hydrogens (tertiary/aromatic N) is 1. The van der Waals surface area contributed by atoms with Gasteiger partial charge in [0.15, 0.2) is 0 Å². The molecule has 0 fully saturated rings. The summed E-state index contributed by atoms with van der Waals surface area (Å²) in [6.07, 6.45) is 1.81. The Morgan fingerprint density at radius 3 is 2.38 bits per heavy atom. The van der Waals surface area contributed by atoms with Crippen LogP contribution in [0.3, 0.4) is 0 Å². The van der Waals surface area contributed by atoms with Gasteiger partial charge in [-0.25, -0.2) is 0 Å². The number of pyridine rings is 1. The van der Waals surface area contributed by atoms with Gasteiger partial charge in [0.1, 0.15) is 5.75 Å². The fourth-order valence-electron chi connectivity index (χ4n) is 1.57. The fraction of sp³-hybridized carbons (Fsp3) is 0.143. The summed E-state index contributed by atoms with van der Waals surface area (Å²) < 4.78 is 5.13. The molecule has 81 valence electrons. The van der Waals surface area contributed by atoms with E-state index in [4.69, 9.17) is 4.74 Å². The Morgan fingerprint density at radius 1 is 1.06 bits per heavy atom. The van der Waals surface area contributed by atoms with Crippen molar-refractivity contribution in [2.45, 2.75) is 6.92 Å². The summed E-state index contributed by atoms with van der Waals surface area (Å²) in [5.41, 5.74) is 2.17. The van der Waals surface area contributed by atoms with Crippen LogP contribution in [0.15, 0.2) is 48.7 Å². The van der Waals surface area contributed by atoms with E-state index >= 15 is 0 Å². The molecular weight excluding hydrogens is 198 g/mol. The lowest BCUT2D eigenvalue weighted by Crippen LogP contribution is -1.99. The van der Waals surface area contributed by atoms with Crippen molar-refractivity contribution in [3.8, 4) is 5.75 Å². The molecule has 0 amide bonds. The van der Waals surface area contributed by atoms with Crippen LogP contribution < -0.4 is 4.74 Å². The van der Waals surface area contributed by atoms with Crippen LogP contribution in [0.4, 0.5) is 0 Å². The number of methoxy groups -OCH3 is 1. The van der Waals surface area contributed by atoms with Crippen LogP contribution in [0.1, 0.15) is 18.2 Å². The van der Waals surface area contributed by atoms with Gasteiger partial charge in [0.25, 0.3) is 0 Å². The first kappa shape index (κ1) is 10.7. The summed E-state index contributed by atoms with van der Waals surface area (Å²) in [6.45, 7) is 2.07. The molecule has 1 radical (unpaired) electrons. The number of ether oxygens (including phenoxy) is 1. The fourth-order valence-corrected chi connectivity index (χ4v) is 1.57. The molecule has 1 aromatic heterocycles. The summed E-state index contributed by atoms with van der Waals surface area (Å²) in [6, 6.07) is 13.9. The minimum absolute atomic E-state index is 0.873. The van der Waals surface area contributed by atoms with Crippen molar-refractivity contribution in [1.29, 1.82) is 0 Å². The zero-order valence-electron chi connectivity index (χ0n) is 9.47. The molecule has 2 aromatic rings. The summed E-state index contributed by atoms with van der Waals surface area (Å²) in [5.74, 6) is 2.04. The van der Waals surface area contributed by atoms with Crippen LogP contribution in [0.2, 0.25) is 0 Å². The Hall–Kier alpha value is -1.83. The number of rotatable bonds is 3. The highest BCUT2D eigenvalue weighted by molar-refractivity contribution is 5.42. The third kappa shape index (κ3) is 2.22. The zero-order chi connectivity index (χ0) is 11.4. The second-order valence-corrected chi connectivity index (χ2v) is 3.57. The van der Waals surface area contributed by atoms with Crippen molar-refractivity contribution in [2.24, 2.45) is 0 Å². The minimum atomic E-state index is 0.873. The van der Waals surface area contributed by atoms with Crippen molar-refractivity contribution in [3.63, 3.8) is 0 Å². The first-order chi connectivity index (χ1) is 7.81. The molecule has 0 saturated carbocycles. The highest BCUT2D eigenvalue weighted by Crippen LogP contribution is 2.22. The molecule has 2 nitrogen and oxygen atoms in total. The van der Waals surface area contributed by atoms with Crippen molar-refractivity contribution in [3.05, 3.63) is 65.8 Å². The monoisotopic (exact) mass is 212 g/mol. The van der Waals surface area contributed by atoms with E-state index in [1.54, 1.807) is 7.11 Å². The van der Waals surface area contributed by atoms with Crippen molar-refractivity contribution >= 4 is 0 Å². The van der Waals surface area contributed by atoms with Gasteiger partial charge in [0.2, 0.25) is 0 Å². The molecule has 16 heavy (non-hydrogen) atoms. The van der Waals surface area contributed by atoms with Crippen LogP contribution in [0.25, 0.3) is 0 Å². The van der Waals surface area contributed by atoms with E-state index in [9.17, 15) is 0 Å². The molecule has 2 heteroatoms. The number of hydrogen-bond donors (Lipinski definition) is 0. The third-order valence-corrected chi connectivity index (χ3v) is 2.57. The largest absolute Gasteiger partial charge is 0.497 e. The molecule has 0 bridgehead atoms. The Balaban J connectivity index is 2.24. The highest BCUT2D eigenvalue weighted by Gasteiger charge is 2.09. The third-order valence-electron chi connectivity index (χ3n) is 2.57. The van der Waals surface area contributed by atoms with Gasteiger partial charge in [0.05, 0.1) is 12.8 Å². The normalized spacial score (nSPS) is 10.4. The molecule has 0 spiro atoms. The Labute approximate surface area is 95.9 Å². The first-order valence-electron chi connectivity index (χ1n) is 5.20. The summed E-state index contributed by atoms with van der Waals surface area (Å²) in [7, 11) is 1.67. The van der Waals surface area contributed by atoms with Gasteiger partial charge in [-0.2, -0.15) is 0 Å². The van der Waals surface area contributed by atoms with Crippen LogP contribution in [-0.2, 0) is 0 Å². The number of hydrogen-bond acceptors (Lipinski definition) is 2. The van der Waals surface area contributed by atoms with E-state index in [-0.39, 0.29) is 0 Å². The lowest BCUT2D eigenvalue weighted by Gasteiger charge is -2.10. The molecule has 0 atom stereocenters. The van der Waals surface area contributed by atoms with E-state index in [2.05, 4.69) is 11.9 Å². The smallest absolute Gasteiger partial charge is 0.118 e. The number of benzene rings is 1. The maximum absolute atomic E-state index is 5.13. The maximum atomic E-state index is 5.13. The highest BCUT2D eigenvalue weighted by atomic mass is 16.5. The minimum Gasteiger partial charge on any atom is -0.497 e. The quantitative estimate of drug-likeness (QED) is 0.780. The Kier molecular flexibility index (Phi) is 3.20. The topological polar surface area (TPSA) is 22.1 Å². The second kappa shape index (κ2) is 4.79. The Bertz CT molecular complexity index is 436. The average molecular weight is 212 g/mol. The summed E-state index contributed by atoms with van der Waals surface area (Å²) in [5, 5.41) is 0. The van der Waals surface area contributed by atoms with Gasteiger partial charge in [-0.05, 0) is 36.8 Å². The molecule has 0 unspecified atom stereocenters. The van der Waals surface area contributed by atoms with Gasteiger partial charge in [-0.3, -0.25) is 4.98 Å². The van der Waals surface area contributed by atoms with Crippen LogP contribution in [0.5, 0.6) is 5.75 Å². The van der Waals surface area contributed by atoms with Gasteiger partial charge >= 0.3 is 0 Å². The molecule has 1 aromatic carbocycles. The zero-order valence-corrected chi connectivity index (χ0v) is 9.47. The standard InChI is InChI=1S/C14H14NO/c1-11(14-5-3-4-10-15-14)12-6-8-13(16-2)9-7-12/h3-10H,1-2H3. The van der Waals surface area contributed by atoms with Crippen molar-refractivity contribution in [2.75, 3.05) is 7.11 Å². The average Bonchev–Trinajstić information content (AvgIpc) is 2.39. The molecule has 0 aliphatic heterocycles. The van der Waals surface area contributed by atoms with Gasteiger partial charge in [-0.15, -0.1) is 0 Å². The molecule has 0 saturated heterocycles. The van der Waals surface area contributed by atoms with E-state index in [1.807, 2.05) is 48.7 Å². The second-order valence-electron chi connectivity index (χ2n) is 3.57. The lowest BCUT2D eigenvalue weighted by atomic mass is 9.97. The molecule has 2 rings (SSSR count). The molecule has 0 aliphatic carbocycles. The molecular formula is C14H14NO. The molecule has 0 aliphatic rings.